The van der Waals surface area contributed by atoms with Crippen LogP contribution in [0.1, 0.15) is 48.2 Å². The highest BCUT2D eigenvalue weighted by Crippen LogP contribution is 2.42. The molecule has 1 unspecified atom stereocenters. The number of rotatable bonds is 7. The molecule has 2 heterocycles. The van der Waals surface area contributed by atoms with Crippen molar-refractivity contribution < 1.29 is 18.0 Å². The van der Waals surface area contributed by atoms with Gasteiger partial charge in [-0.25, -0.2) is 0 Å². The fourth-order valence-electron chi connectivity index (χ4n) is 3.54. The van der Waals surface area contributed by atoms with Crippen LogP contribution in [0.3, 0.4) is 0 Å². The zero-order valence-corrected chi connectivity index (χ0v) is 17.4. The van der Waals surface area contributed by atoms with E-state index in [1.54, 1.807) is 24.0 Å². The Bertz CT molecular complexity index is 1080. The zero-order valence-electron chi connectivity index (χ0n) is 17.4. The van der Waals surface area contributed by atoms with Crippen molar-refractivity contribution >= 4 is 11.6 Å². The quantitative estimate of drug-likeness (QED) is 0.594. The second kappa shape index (κ2) is 8.20. The number of benzene rings is 1. The van der Waals surface area contributed by atoms with E-state index in [9.17, 15) is 18.0 Å². The normalized spacial score (nSPS) is 15.1. The molecule has 3 aromatic rings. The van der Waals surface area contributed by atoms with Crippen LogP contribution >= 0.6 is 0 Å². The monoisotopic (exact) mass is 431 g/mol. The summed E-state index contributed by atoms with van der Waals surface area (Å²) in [6.07, 6.45) is 0.504. The second-order valence-corrected chi connectivity index (χ2v) is 8.21. The van der Waals surface area contributed by atoms with Crippen molar-refractivity contribution in [2.24, 2.45) is 5.92 Å². The molecule has 0 spiro atoms. The number of nitrogens with zero attached hydrogens (tertiary/aromatic N) is 4. The molecule has 2 aromatic heterocycles. The third-order valence-corrected chi connectivity index (χ3v) is 5.32. The lowest BCUT2D eigenvalue weighted by atomic mass is 10.1. The number of nitrogens with one attached hydrogen (secondary N) is 1. The number of aryl methyl sites for hydroxylation is 1. The number of anilines is 1. The number of aromatic nitrogens is 4. The average Bonchev–Trinajstić information content (AvgIpc) is 3.30. The van der Waals surface area contributed by atoms with Crippen LogP contribution in [0.2, 0.25) is 0 Å². The van der Waals surface area contributed by atoms with Crippen LogP contribution in [-0.4, -0.2) is 25.5 Å². The molecule has 164 valence electrons. The molecule has 6 nitrogen and oxygen atoms in total. The number of alkyl halides is 3. The van der Waals surface area contributed by atoms with Crippen molar-refractivity contribution in [1.82, 2.24) is 19.6 Å². The van der Waals surface area contributed by atoms with Gasteiger partial charge in [0.05, 0.1) is 30.9 Å². The summed E-state index contributed by atoms with van der Waals surface area (Å²) in [5, 5.41) is 10.8. The molecule has 0 aliphatic heterocycles. The van der Waals surface area contributed by atoms with E-state index < -0.39 is 17.8 Å². The fourth-order valence-corrected chi connectivity index (χ4v) is 3.54. The molecule has 31 heavy (non-hydrogen) atoms. The van der Waals surface area contributed by atoms with Gasteiger partial charge in [-0.3, -0.25) is 14.2 Å². The Balaban J connectivity index is 1.39. The van der Waals surface area contributed by atoms with Crippen LogP contribution in [0.5, 0.6) is 0 Å². The Morgan fingerprint density at radius 3 is 2.74 bits per heavy atom. The van der Waals surface area contributed by atoms with Gasteiger partial charge in [0.25, 0.3) is 0 Å². The minimum absolute atomic E-state index is 0.0885. The molecular weight excluding hydrogens is 407 g/mol. The SMILES string of the molecule is Cc1cccc(Cn2cc(NC(=O)C(C)Cn3nc(C(F)(F)F)cc3C3CC3)cn2)c1. The van der Waals surface area contributed by atoms with Crippen LogP contribution < -0.4 is 5.32 Å². The first-order valence-electron chi connectivity index (χ1n) is 10.2. The van der Waals surface area contributed by atoms with Crippen LogP contribution in [0.25, 0.3) is 0 Å². The highest BCUT2D eigenvalue weighted by molar-refractivity contribution is 5.91. The summed E-state index contributed by atoms with van der Waals surface area (Å²) in [4.78, 5) is 12.6. The van der Waals surface area contributed by atoms with E-state index in [1.165, 1.54) is 4.68 Å². The maximum absolute atomic E-state index is 13.1. The van der Waals surface area contributed by atoms with Crippen LogP contribution in [0, 0.1) is 12.8 Å². The molecule has 0 radical (unpaired) electrons. The standard InChI is InChI=1S/C22H24F3N5O/c1-14-4-3-5-16(8-14)12-29-13-18(10-26-29)27-21(31)15(2)11-30-19(17-6-7-17)9-20(28-30)22(23,24)25/h3-5,8-10,13,15,17H,6-7,11-12H2,1-2H3,(H,27,31). The Morgan fingerprint density at radius 2 is 2.06 bits per heavy atom. The first-order chi connectivity index (χ1) is 14.7. The minimum Gasteiger partial charge on any atom is -0.323 e. The molecule has 1 amide bonds. The molecule has 1 aromatic carbocycles. The third-order valence-electron chi connectivity index (χ3n) is 5.32. The number of hydrogen-bond donors (Lipinski definition) is 1. The third kappa shape index (κ3) is 5.15. The van der Waals surface area contributed by atoms with Gasteiger partial charge in [0.1, 0.15) is 0 Å². The van der Waals surface area contributed by atoms with E-state index in [-0.39, 0.29) is 18.4 Å². The van der Waals surface area contributed by atoms with E-state index in [0.29, 0.717) is 17.9 Å². The Labute approximate surface area is 178 Å². The Kier molecular flexibility index (Phi) is 5.60. The van der Waals surface area contributed by atoms with Gasteiger partial charge in [-0.15, -0.1) is 0 Å². The predicted molar refractivity (Wildman–Crippen MR) is 110 cm³/mol. The van der Waals surface area contributed by atoms with Crippen molar-refractivity contribution in [3.05, 3.63) is 65.2 Å². The van der Waals surface area contributed by atoms with Gasteiger partial charge in [0.15, 0.2) is 5.69 Å². The molecule has 1 aliphatic rings. The predicted octanol–water partition coefficient (Wildman–Crippen LogP) is 4.61. The van der Waals surface area contributed by atoms with Crippen LogP contribution in [0.15, 0.2) is 42.7 Å². The molecular formula is C22H24F3N5O. The van der Waals surface area contributed by atoms with Gasteiger partial charge in [0, 0.05) is 17.8 Å². The number of carbonyl (C=O) groups excluding carboxylic acids is 1. The zero-order chi connectivity index (χ0) is 22.2. The molecule has 9 heteroatoms. The molecule has 1 N–H and O–H groups in total. The summed E-state index contributed by atoms with van der Waals surface area (Å²) in [6.45, 7) is 4.36. The van der Waals surface area contributed by atoms with Crippen molar-refractivity contribution in [1.29, 1.82) is 0 Å². The highest BCUT2D eigenvalue weighted by Gasteiger charge is 2.38. The summed E-state index contributed by atoms with van der Waals surface area (Å²) in [6, 6.07) is 9.18. The van der Waals surface area contributed by atoms with Crippen molar-refractivity contribution in [3.8, 4) is 0 Å². The first kappa shape index (κ1) is 21.1. The van der Waals surface area contributed by atoms with Gasteiger partial charge in [-0.2, -0.15) is 23.4 Å². The number of carbonyl (C=O) groups is 1. The smallest absolute Gasteiger partial charge is 0.323 e. The lowest BCUT2D eigenvalue weighted by molar-refractivity contribution is -0.141. The maximum atomic E-state index is 13.1. The average molecular weight is 431 g/mol. The van der Waals surface area contributed by atoms with E-state index in [1.807, 2.05) is 25.1 Å². The lowest BCUT2D eigenvalue weighted by Gasteiger charge is -2.13. The summed E-state index contributed by atoms with van der Waals surface area (Å²) in [7, 11) is 0. The molecule has 4 rings (SSSR count). The van der Waals surface area contributed by atoms with Crippen LogP contribution in [0.4, 0.5) is 18.9 Å². The summed E-state index contributed by atoms with van der Waals surface area (Å²) < 4.78 is 42.3. The highest BCUT2D eigenvalue weighted by atomic mass is 19.4. The van der Waals surface area contributed by atoms with Gasteiger partial charge >= 0.3 is 6.18 Å². The molecule has 0 bridgehead atoms. The fraction of sp³-hybridized carbons (Fsp3) is 0.409. The summed E-state index contributed by atoms with van der Waals surface area (Å²) >= 11 is 0. The molecule has 1 atom stereocenters. The number of amides is 1. The molecule has 0 saturated heterocycles. The Morgan fingerprint density at radius 1 is 1.29 bits per heavy atom. The van der Waals surface area contributed by atoms with Gasteiger partial charge in [-0.05, 0) is 31.4 Å². The van der Waals surface area contributed by atoms with Gasteiger partial charge < -0.3 is 5.32 Å². The molecule has 1 aliphatic carbocycles. The summed E-state index contributed by atoms with van der Waals surface area (Å²) in [5.74, 6) is -0.752. The lowest BCUT2D eigenvalue weighted by Crippen LogP contribution is -2.25. The summed E-state index contributed by atoms with van der Waals surface area (Å²) in [5.41, 5.74) is 2.45. The second-order valence-electron chi connectivity index (χ2n) is 8.21. The van der Waals surface area contributed by atoms with E-state index in [0.717, 1.165) is 30.0 Å². The van der Waals surface area contributed by atoms with E-state index >= 15 is 0 Å². The Hall–Kier alpha value is -3.10. The van der Waals surface area contributed by atoms with Crippen LogP contribution in [-0.2, 0) is 24.1 Å². The minimum atomic E-state index is -4.49. The molecule has 1 fully saturated rings. The number of hydrogen-bond acceptors (Lipinski definition) is 3. The molecule has 1 saturated carbocycles. The van der Waals surface area contributed by atoms with Gasteiger partial charge in [0.2, 0.25) is 5.91 Å². The van der Waals surface area contributed by atoms with Crippen molar-refractivity contribution in [2.75, 3.05) is 5.32 Å². The van der Waals surface area contributed by atoms with Crippen molar-refractivity contribution in [3.63, 3.8) is 0 Å². The van der Waals surface area contributed by atoms with Crippen molar-refractivity contribution in [2.45, 2.75) is 51.9 Å². The van der Waals surface area contributed by atoms with E-state index in [2.05, 4.69) is 21.6 Å². The maximum Gasteiger partial charge on any atom is 0.435 e. The first-order valence-corrected chi connectivity index (χ1v) is 10.2. The van der Waals surface area contributed by atoms with Gasteiger partial charge in [-0.1, -0.05) is 36.8 Å². The largest absolute Gasteiger partial charge is 0.435 e. The number of halogens is 3. The van der Waals surface area contributed by atoms with E-state index in [4.69, 9.17) is 0 Å². The topological polar surface area (TPSA) is 64.7 Å².